The smallest absolute Gasteiger partial charge is 0.435 e. The Morgan fingerprint density at radius 3 is 2.39 bits per heavy atom. The Labute approximate surface area is 156 Å². The fourth-order valence-corrected chi connectivity index (χ4v) is 3.53. The third-order valence-electron chi connectivity index (χ3n) is 4.23. The lowest BCUT2D eigenvalue weighted by atomic mass is 10.0. The van der Waals surface area contributed by atoms with Crippen LogP contribution in [-0.4, -0.2) is 18.2 Å². The van der Waals surface area contributed by atoms with Crippen LogP contribution < -0.4 is 9.88 Å². The average molecular weight is 413 g/mol. The Balaban J connectivity index is 1.96. The number of nitrogens with zero attached hydrogens (tertiary/aromatic N) is 2. The van der Waals surface area contributed by atoms with Crippen LogP contribution in [-0.2, 0) is 22.8 Å². The second kappa shape index (κ2) is 6.04. The van der Waals surface area contributed by atoms with Crippen molar-refractivity contribution in [1.82, 2.24) is 9.78 Å². The number of hydrogen-bond donors (Lipinski definition) is 1. The molecule has 1 aliphatic rings. The number of rotatable bonds is 2. The quantitative estimate of drug-likeness (QED) is 0.654. The molecule has 0 aliphatic carbocycles. The van der Waals surface area contributed by atoms with Crippen molar-refractivity contribution < 1.29 is 30.7 Å². The fraction of sp³-hybridized carbons (Fsp3) is 0.118. The van der Waals surface area contributed by atoms with E-state index in [0.717, 1.165) is 28.9 Å². The van der Waals surface area contributed by atoms with Crippen molar-refractivity contribution in [2.45, 2.75) is 17.7 Å². The molecular formula is C17H11F4N3O3S. The summed E-state index contributed by atoms with van der Waals surface area (Å²) in [6, 6.07) is 8.38. The minimum absolute atomic E-state index is 0.0866. The van der Waals surface area contributed by atoms with Gasteiger partial charge in [-0.25, -0.2) is 22.6 Å². The highest BCUT2D eigenvalue weighted by molar-refractivity contribution is 7.89. The highest BCUT2D eigenvalue weighted by Crippen LogP contribution is 2.44. The first-order chi connectivity index (χ1) is 13.1. The number of sulfonamides is 1. The lowest BCUT2D eigenvalue weighted by Crippen LogP contribution is -2.13. The van der Waals surface area contributed by atoms with E-state index in [4.69, 9.17) is 9.88 Å². The predicted molar refractivity (Wildman–Crippen MR) is 89.7 cm³/mol. The van der Waals surface area contributed by atoms with Crippen molar-refractivity contribution in [1.29, 1.82) is 0 Å². The maximum atomic E-state index is 13.5. The van der Waals surface area contributed by atoms with E-state index in [1.807, 2.05) is 0 Å². The van der Waals surface area contributed by atoms with Gasteiger partial charge in [0.05, 0.1) is 16.3 Å². The number of ether oxygens (including phenoxy) is 1. The molecule has 3 aromatic rings. The maximum Gasteiger partial charge on any atom is 0.435 e. The van der Waals surface area contributed by atoms with E-state index < -0.39 is 34.3 Å². The highest BCUT2D eigenvalue weighted by Gasteiger charge is 2.41. The Morgan fingerprint density at radius 2 is 1.79 bits per heavy atom. The number of benzene rings is 2. The molecule has 0 radical (unpaired) electrons. The van der Waals surface area contributed by atoms with E-state index in [1.165, 1.54) is 18.2 Å². The van der Waals surface area contributed by atoms with Crippen molar-refractivity contribution in [3.63, 3.8) is 0 Å². The summed E-state index contributed by atoms with van der Waals surface area (Å²) in [4.78, 5) is -0.195. The van der Waals surface area contributed by atoms with Crippen LogP contribution in [0, 0.1) is 5.82 Å². The predicted octanol–water partition coefficient (Wildman–Crippen LogP) is 3.24. The molecule has 146 valence electrons. The number of fused-ring (bicyclic) bond motifs is 3. The molecule has 0 saturated heterocycles. The van der Waals surface area contributed by atoms with Crippen molar-refractivity contribution >= 4 is 10.0 Å². The summed E-state index contributed by atoms with van der Waals surface area (Å²) in [7, 11) is -3.96. The second-order valence-corrected chi connectivity index (χ2v) is 7.61. The molecule has 0 amide bonds. The van der Waals surface area contributed by atoms with Crippen molar-refractivity contribution in [2.24, 2.45) is 5.14 Å². The summed E-state index contributed by atoms with van der Waals surface area (Å²) in [5, 5.41) is 8.73. The first-order valence-electron chi connectivity index (χ1n) is 7.81. The van der Waals surface area contributed by atoms with Crippen LogP contribution in [0.3, 0.4) is 0 Å². The normalized spacial score (nSPS) is 13.6. The van der Waals surface area contributed by atoms with Crippen LogP contribution in [0.5, 0.6) is 5.75 Å². The van der Waals surface area contributed by atoms with E-state index in [2.05, 4.69) is 5.10 Å². The van der Waals surface area contributed by atoms with Crippen LogP contribution in [0.4, 0.5) is 17.6 Å². The molecule has 0 bridgehead atoms. The van der Waals surface area contributed by atoms with Gasteiger partial charge in [-0.05, 0) is 36.4 Å². The molecule has 0 saturated carbocycles. The van der Waals surface area contributed by atoms with Crippen LogP contribution >= 0.6 is 0 Å². The molecule has 0 spiro atoms. The summed E-state index contributed by atoms with van der Waals surface area (Å²) in [6.07, 6.45) is -4.74. The van der Waals surface area contributed by atoms with Gasteiger partial charge in [0.1, 0.15) is 18.2 Å². The number of halogens is 4. The van der Waals surface area contributed by atoms with Crippen LogP contribution in [0.2, 0.25) is 0 Å². The van der Waals surface area contributed by atoms with Gasteiger partial charge < -0.3 is 4.74 Å². The molecule has 4 rings (SSSR count). The first kappa shape index (κ1) is 18.4. The van der Waals surface area contributed by atoms with Gasteiger partial charge >= 0.3 is 6.18 Å². The summed E-state index contributed by atoms with van der Waals surface area (Å²) in [6.45, 7) is -0.435. The number of primary sulfonamides is 1. The molecule has 2 aromatic carbocycles. The number of hydrogen-bond acceptors (Lipinski definition) is 4. The van der Waals surface area contributed by atoms with Crippen molar-refractivity contribution in [3.05, 3.63) is 59.5 Å². The second-order valence-electron chi connectivity index (χ2n) is 6.05. The molecule has 2 heterocycles. The van der Waals surface area contributed by atoms with E-state index >= 15 is 0 Å². The van der Waals surface area contributed by atoms with Crippen LogP contribution in [0.25, 0.3) is 16.9 Å². The number of alkyl halides is 3. The van der Waals surface area contributed by atoms with E-state index in [9.17, 15) is 26.0 Å². The van der Waals surface area contributed by atoms with Crippen molar-refractivity contribution in [2.75, 3.05) is 0 Å². The van der Waals surface area contributed by atoms with Gasteiger partial charge in [0.2, 0.25) is 10.0 Å². The maximum absolute atomic E-state index is 13.5. The zero-order chi connectivity index (χ0) is 20.3. The standard InChI is InChI=1S/C17H11F4N3O3S/c18-9-1-6-12-14(7-9)27-8-13-15(12)24(23-16(13)17(19,20)21)10-2-4-11(5-3-10)28(22,25)26/h1-7H,8H2,(H2,22,25,26). The van der Waals surface area contributed by atoms with Crippen molar-refractivity contribution in [3.8, 4) is 22.7 Å². The Hall–Kier alpha value is -2.92. The minimum atomic E-state index is -4.74. The Kier molecular flexibility index (Phi) is 3.98. The van der Waals surface area contributed by atoms with E-state index in [-0.39, 0.29) is 33.2 Å². The lowest BCUT2D eigenvalue weighted by Gasteiger charge is -2.20. The minimum Gasteiger partial charge on any atom is -0.488 e. The Morgan fingerprint density at radius 1 is 1.11 bits per heavy atom. The highest BCUT2D eigenvalue weighted by atomic mass is 32.2. The van der Waals surface area contributed by atoms with Crippen LogP contribution in [0.1, 0.15) is 11.3 Å². The van der Waals surface area contributed by atoms with E-state index in [0.29, 0.717) is 0 Å². The summed E-state index contributed by atoms with van der Waals surface area (Å²) < 4.78 is 83.0. The van der Waals surface area contributed by atoms with Gasteiger partial charge in [-0.15, -0.1) is 0 Å². The molecule has 0 atom stereocenters. The van der Waals surface area contributed by atoms with Gasteiger partial charge in [-0.3, -0.25) is 0 Å². The monoisotopic (exact) mass is 413 g/mol. The molecule has 6 nitrogen and oxygen atoms in total. The van der Waals surface area contributed by atoms with Crippen LogP contribution in [0.15, 0.2) is 47.4 Å². The Bertz CT molecular complexity index is 1190. The zero-order valence-corrected chi connectivity index (χ0v) is 14.7. The third-order valence-corrected chi connectivity index (χ3v) is 5.16. The average Bonchev–Trinajstić information content (AvgIpc) is 3.01. The molecule has 2 N–H and O–H groups in total. The van der Waals surface area contributed by atoms with E-state index in [1.54, 1.807) is 0 Å². The van der Waals surface area contributed by atoms with Gasteiger partial charge in [0.15, 0.2) is 5.69 Å². The van der Waals surface area contributed by atoms with Gasteiger partial charge in [0, 0.05) is 17.2 Å². The molecule has 11 heteroatoms. The summed E-state index contributed by atoms with van der Waals surface area (Å²) in [5.41, 5.74) is -0.815. The fourth-order valence-electron chi connectivity index (χ4n) is 3.02. The molecule has 1 aromatic heterocycles. The molecule has 1 aliphatic heterocycles. The number of aromatic nitrogens is 2. The first-order valence-corrected chi connectivity index (χ1v) is 9.35. The SMILES string of the molecule is NS(=O)(=O)c1ccc(-n2nc(C(F)(F)F)c3c2-c2ccc(F)cc2OC3)cc1. The zero-order valence-electron chi connectivity index (χ0n) is 13.9. The molecule has 0 unspecified atom stereocenters. The summed E-state index contributed by atoms with van der Waals surface area (Å²) in [5.74, 6) is -0.509. The third kappa shape index (κ3) is 3.02. The topological polar surface area (TPSA) is 87.2 Å². The van der Waals surface area contributed by atoms with Gasteiger partial charge in [-0.1, -0.05) is 0 Å². The largest absolute Gasteiger partial charge is 0.488 e. The molecule has 0 fully saturated rings. The summed E-state index contributed by atoms with van der Waals surface area (Å²) >= 11 is 0. The lowest BCUT2D eigenvalue weighted by molar-refractivity contribution is -0.142. The molecular weight excluding hydrogens is 402 g/mol. The van der Waals surface area contributed by atoms with Gasteiger partial charge in [0.25, 0.3) is 0 Å². The number of nitrogens with two attached hydrogens (primary N) is 1. The molecule has 28 heavy (non-hydrogen) atoms. The van der Waals surface area contributed by atoms with Gasteiger partial charge in [-0.2, -0.15) is 18.3 Å².